The Morgan fingerprint density at radius 2 is 2.17 bits per heavy atom. The molecule has 0 unspecified atom stereocenters. The zero-order valence-corrected chi connectivity index (χ0v) is 5.97. The minimum atomic E-state index is -4.77. The number of hydrogen-bond acceptors (Lipinski definition) is 2. The third kappa shape index (κ3) is 2.04. The molecule has 1 rings (SSSR count). The summed E-state index contributed by atoms with van der Waals surface area (Å²) in [6.07, 6.45) is -3.86. The molecule has 0 amide bonds. The Hall–Kier alpha value is -1.40. The van der Waals surface area contributed by atoms with Gasteiger partial charge in [-0.2, -0.15) is 0 Å². The van der Waals surface area contributed by atoms with Crippen LogP contribution in [0.4, 0.5) is 13.2 Å². The molecular weight excluding hydrogens is 177 g/mol. The number of imidazole rings is 1. The van der Waals surface area contributed by atoms with Crippen LogP contribution in [0.1, 0.15) is 0 Å². The average molecular weight is 182 g/mol. The summed E-state index contributed by atoms with van der Waals surface area (Å²) < 4.78 is 39.0. The van der Waals surface area contributed by atoms with Crippen molar-refractivity contribution in [1.29, 1.82) is 0 Å². The monoisotopic (exact) mass is 182 g/mol. The lowest BCUT2D eigenvalue weighted by molar-refractivity contribution is -0.276. The van der Waals surface area contributed by atoms with E-state index >= 15 is 0 Å². The molecule has 4 nitrogen and oxygen atoms in total. The van der Waals surface area contributed by atoms with E-state index in [1.165, 1.54) is 7.05 Å². The Morgan fingerprint density at radius 1 is 1.58 bits per heavy atom. The van der Waals surface area contributed by atoms with Gasteiger partial charge in [-0.3, -0.25) is 9.55 Å². The van der Waals surface area contributed by atoms with Gasteiger partial charge in [-0.05, 0) is 0 Å². The summed E-state index contributed by atoms with van der Waals surface area (Å²) in [5.74, 6) is -0.616. The zero-order valence-electron chi connectivity index (χ0n) is 5.97. The van der Waals surface area contributed by atoms with E-state index in [1.807, 2.05) is 4.98 Å². The summed E-state index contributed by atoms with van der Waals surface area (Å²) >= 11 is 0. The maximum Gasteiger partial charge on any atom is 0.574 e. The average Bonchev–Trinajstić information content (AvgIpc) is 2.07. The van der Waals surface area contributed by atoms with E-state index in [-0.39, 0.29) is 0 Å². The number of ether oxygens (including phenoxy) is 1. The van der Waals surface area contributed by atoms with Crippen molar-refractivity contribution in [2.24, 2.45) is 7.05 Å². The molecule has 0 aliphatic rings. The minimum absolute atomic E-state index is 0.616. The Bertz CT molecular complexity index is 324. The molecule has 0 fully saturated rings. The predicted molar refractivity (Wildman–Crippen MR) is 32.7 cm³/mol. The maximum absolute atomic E-state index is 11.5. The molecule has 68 valence electrons. The first-order valence-corrected chi connectivity index (χ1v) is 2.90. The highest BCUT2D eigenvalue weighted by atomic mass is 19.4. The number of halogens is 3. The second-order valence-corrected chi connectivity index (χ2v) is 2.08. The van der Waals surface area contributed by atoms with E-state index in [4.69, 9.17) is 0 Å². The van der Waals surface area contributed by atoms with Crippen LogP contribution in [-0.2, 0) is 7.05 Å². The van der Waals surface area contributed by atoms with Gasteiger partial charge in [0.05, 0.1) is 6.20 Å². The second kappa shape index (κ2) is 2.58. The zero-order chi connectivity index (χ0) is 9.35. The summed E-state index contributed by atoms with van der Waals surface area (Å²) in [5.41, 5.74) is -0.658. The highest BCUT2D eigenvalue weighted by Crippen LogP contribution is 2.18. The number of aromatic amines is 1. The van der Waals surface area contributed by atoms with E-state index < -0.39 is 17.9 Å². The molecule has 1 heterocycles. The van der Waals surface area contributed by atoms with Crippen LogP contribution < -0.4 is 10.4 Å². The van der Waals surface area contributed by atoms with Crippen molar-refractivity contribution >= 4 is 0 Å². The maximum atomic E-state index is 11.5. The Labute approximate surface area is 64.6 Å². The fourth-order valence-corrected chi connectivity index (χ4v) is 0.637. The normalized spacial score (nSPS) is 11.7. The molecule has 0 aliphatic carbocycles. The van der Waals surface area contributed by atoms with E-state index in [1.54, 1.807) is 0 Å². The number of rotatable bonds is 1. The van der Waals surface area contributed by atoms with Crippen molar-refractivity contribution in [1.82, 2.24) is 9.55 Å². The van der Waals surface area contributed by atoms with Crippen molar-refractivity contribution in [2.45, 2.75) is 6.36 Å². The van der Waals surface area contributed by atoms with Crippen molar-refractivity contribution in [2.75, 3.05) is 0 Å². The van der Waals surface area contributed by atoms with E-state index in [2.05, 4.69) is 4.74 Å². The fourth-order valence-electron chi connectivity index (χ4n) is 0.637. The molecule has 0 atom stereocenters. The molecule has 7 heteroatoms. The smallest absolute Gasteiger partial charge is 0.388 e. The first-order chi connectivity index (χ1) is 5.38. The minimum Gasteiger partial charge on any atom is -0.388 e. The summed E-state index contributed by atoms with van der Waals surface area (Å²) in [6.45, 7) is 0. The molecule has 0 saturated carbocycles. The number of hydrogen-bond donors (Lipinski definition) is 1. The van der Waals surface area contributed by atoms with Crippen molar-refractivity contribution in [3.05, 3.63) is 16.7 Å². The number of nitrogens with one attached hydrogen (secondary N) is 1. The Morgan fingerprint density at radius 3 is 2.50 bits per heavy atom. The Kier molecular flexibility index (Phi) is 1.87. The van der Waals surface area contributed by atoms with Crippen LogP contribution in [0.5, 0.6) is 5.88 Å². The predicted octanol–water partition coefficient (Wildman–Crippen LogP) is 0.612. The highest BCUT2D eigenvalue weighted by Gasteiger charge is 2.31. The van der Waals surface area contributed by atoms with Crippen LogP contribution in [0.15, 0.2) is 11.0 Å². The van der Waals surface area contributed by atoms with Gasteiger partial charge in [-0.15, -0.1) is 13.2 Å². The van der Waals surface area contributed by atoms with Crippen molar-refractivity contribution in [3.8, 4) is 5.88 Å². The third-order valence-corrected chi connectivity index (χ3v) is 1.09. The standard InChI is InChI=1S/C5H5F3N2O2/c1-10-2-3(9-4(10)11)12-5(6,7)8/h2H,1H3,(H,9,11). The summed E-state index contributed by atoms with van der Waals surface area (Å²) in [6, 6.07) is 0. The van der Waals surface area contributed by atoms with Crippen molar-refractivity contribution < 1.29 is 17.9 Å². The third-order valence-electron chi connectivity index (χ3n) is 1.09. The first-order valence-electron chi connectivity index (χ1n) is 2.90. The topological polar surface area (TPSA) is 47.0 Å². The highest BCUT2D eigenvalue weighted by molar-refractivity contribution is 5.03. The van der Waals surface area contributed by atoms with E-state index in [0.717, 1.165) is 10.8 Å². The van der Waals surface area contributed by atoms with Gasteiger partial charge in [-0.1, -0.05) is 0 Å². The molecule has 1 N–H and O–H groups in total. The van der Waals surface area contributed by atoms with Gasteiger partial charge in [0.2, 0.25) is 5.88 Å². The molecule has 12 heavy (non-hydrogen) atoms. The molecule has 0 bridgehead atoms. The van der Waals surface area contributed by atoms with E-state index in [0.29, 0.717) is 0 Å². The number of aryl methyl sites for hydroxylation is 1. The summed E-state index contributed by atoms with van der Waals surface area (Å²) in [4.78, 5) is 12.5. The largest absolute Gasteiger partial charge is 0.574 e. The van der Waals surface area contributed by atoms with Gasteiger partial charge in [-0.25, -0.2) is 4.79 Å². The van der Waals surface area contributed by atoms with Crippen molar-refractivity contribution in [3.63, 3.8) is 0 Å². The van der Waals surface area contributed by atoms with Gasteiger partial charge < -0.3 is 4.74 Å². The van der Waals surface area contributed by atoms with Crippen LogP contribution in [0.3, 0.4) is 0 Å². The lowest BCUT2D eigenvalue weighted by Crippen LogP contribution is -2.18. The molecule has 1 aromatic rings. The molecule has 0 radical (unpaired) electrons. The molecule has 0 aliphatic heterocycles. The van der Waals surface area contributed by atoms with Gasteiger partial charge in [0.15, 0.2) is 0 Å². The first kappa shape index (κ1) is 8.69. The van der Waals surface area contributed by atoms with E-state index in [9.17, 15) is 18.0 Å². The lowest BCUT2D eigenvalue weighted by atomic mass is 10.8. The second-order valence-electron chi connectivity index (χ2n) is 2.08. The van der Waals surface area contributed by atoms with Crippen LogP contribution in [0.2, 0.25) is 0 Å². The lowest BCUT2D eigenvalue weighted by Gasteiger charge is -2.04. The fraction of sp³-hybridized carbons (Fsp3) is 0.400. The van der Waals surface area contributed by atoms with Crippen LogP contribution in [-0.4, -0.2) is 15.9 Å². The molecule has 1 aromatic heterocycles. The van der Waals surface area contributed by atoms with Gasteiger partial charge in [0, 0.05) is 7.05 Å². The van der Waals surface area contributed by atoms with Gasteiger partial charge >= 0.3 is 12.1 Å². The summed E-state index contributed by atoms with van der Waals surface area (Å²) in [7, 11) is 1.31. The molecule has 0 aromatic carbocycles. The quantitative estimate of drug-likeness (QED) is 0.691. The molecule has 0 spiro atoms. The number of nitrogens with zero attached hydrogens (tertiary/aromatic N) is 1. The molecular formula is C5H5F3N2O2. The molecule has 0 saturated heterocycles. The van der Waals surface area contributed by atoms with Crippen LogP contribution >= 0.6 is 0 Å². The van der Waals surface area contributed by atoms with Crippen LogP contribution in [0, 0.1) is 0 Å². The number of alkyl halides is 3. The summed E-state index contributed by atoms with van der Waals surface area (Å²) in [5, 5.41) is 0. The number of H-pyrrole nitrogens is 1. The Balaban J connectivity index is 2.85. The number of aromatic nitrogens is 2. The van der Waals surface area contributed by atoms with Gasteiger partial charge in [0.25, 0.3) is 0 Å². The van der Waals surface area contributed by atoms with Crippen LogP contribution in [0.25, 0.3) is 0 Å². The SMILES string of the molecule is Cn1cc(OC(F)(F)F)[nH]c1=O. The van der Waals surface area contributed by atoms with Gasteiger partial charge in [0.1, 0.15) is 0 Å².